The number of aromatic nitrogens is 3. The van der Waals surface area contributed by atoms with Crippen LogP contribution in [0, 0.1) is 13.8 Å². The lowest BCUT2D eigenvalue weighted by atomic mass is 10.1. The molecule has 2 aromatic carbocycles. The van der Waals surface area contributed by atoms with Gasteiger partial charge in [-0.1, -0.05) is 29.3 Å². The Bertz CT molecular complexity index is 1020. The largest absolute Gasteiger partial charge is 0.482 e. The minimum absolute atomic E-state index is 0.293. The van der Waals surface area contributed by atoms with Crippen LogP contribution in [0.1, 0.15) is 11.1 Å². The predicted molar refractivity (Wildman–Crippen MR) is 107 cm³/mol. The molecule has 1 heterocycles. The molecule has 0 saturated carbocycles. The van der Waals surface area contributed by atoms with Crippen LogP contribution in [-0.4, -0.2) is 39.9 Å². The van der Waals surface area contributed by atoms with Crippen molar-refractivity contribution in [1.82, 2.24) is 14.8 Å². The third-order valence-electron chi connectivity index (χ3n) is 3.94. The molecule has 1 amide bonds. The second-order valence-corrected chi connectivity index (χ2v) is 6.70. The van der Waals surface area contributed by atoms with Crippen LogP contribution in [0.2, 0.25) is 5.02 Å². The van der Waals surface area contributed by atoms with E-state index in [2.05, 4.69) is 15.4 Å². The molecule has 0 fully saturated rings. The molecule has 0 atom stereocenters. The Balaban J connectivity index is 1.54. The second kappa shape index (κ2) is 9.20. The van der Waals surface area contributed by atoms with E-state index in [0.717, 1.165) is 11.1 Å². The number of ether oxygens (including phenoxy) is 2. The van der Waals surface area contributed by atoms with Crippen molar-refractivity contribution in [3.05, 3.63) is 65.2 Å². The van der Waals surface area contributed by atoms with Crippen molar-refractivity contribution in [2.75, 3.05) is 18.5 Å². The van der Waals surface area contributed by atoms with Crippen molar-refractivity contribution < 1.29 is 19.1 Å². The number of nitrogens with one attached hydrogen (secondary N) is 1. The van der Waals surface area contributed by atoms with Gasteiger partial charge in [-0.2, -0.15) is 5.10 Å². The van der Waals surface area contributed by atoms with Crippen LogP contribution < -0.4 is 10.1 Å². The molecular weight excluding hydrogens is 396 g/mol. The summed E-state index contributed by atoms with van der Waals surface area (Å²) in [5.74, 6) is -0.579. The zero-order valence-corrected chi connectivity index (χ0v) is 16.6. The third kappa shape index (κ3) is 5.55. The summed E-state index contributed by atoms with van der Waals surface area (Å²) < 4.78 is 11.9. The molecule has 0 spiro atoms. The quantitative estimate of drug-likeness (QED) is 0.597. The summed E-state index contributed by atoms with van der Waals surface area (Å²) in [4.78, 5) is 28.0. The lowest BCUT2D eigenvalue weighted by Gasteiger charge is -2.12. The number of halogens is 1. The van der Waals surface area contributed by atoms with Crippen LogP contribution in [0.3, 0.4) is 0 Å². The standard InChI is InChI=1S/C20H19ClN4O4/c1-13-3-6-18(14(2)7-13)28-10-20(27)29-9-19(26)24-16-8-15(21)4-5-17(16)25-12-22-11-23-25/h3-8,11-12H,9-10H2,1-2H3,(H,24,26). The maximum atomic E-state index is 12.2. The van der Waals surface area contributed by atoms with Gasteiger partial charge in [0.1, 0.15) is 18.4 Å². The van der Waals surface area contributed by atoms with E-state index < -0.39 is 18.5 Å². The van der Waals surface area contributed by atoms with E-state index in [1.165, 1.54) is 17.3 Å². The smallest absolute Gasteiger partial charge is 0.344 e. The number of carbonyl (C=O) groups excluding carboxylic acids is 2. The van der Waals surface area contributed by atoms with Crippen LogP contribution >= 0.6 is 11.6 Å². The van der Waals surface area contributed by atoms with E-state index in [4.69, 9.17) is 21.1 Å². The third-order valence-corrected chi connectivity index (χ3v) is 4.17. The first kappa shape index (κ1) is 20.3. The van der Waals surface area contributed by atoms with Gasteiger partial charge < -0.3 is 14.8 Å². The fourth-order valence-corrected chi connectivity index (χ4v) is 2.78. The van der Waals surface area contributed by atoms with Crippen LogP contribution in [0.25, 0.3) is 5.69 Å². The van der Waals surface area contributed by atoms with E-state index in [0.29, 0.717) is 22.1 Å². The first-order valence-electron chi connectivity index (χ1n) is 8.72. The monoisotopic (exact) mass is 414 g/mol. The van der Waals surface area contributed by atoms with E-state index >= 15 is 0 Å². The van der Waals surface area contributed by atoms with Gasteiger partial charge in [0.05, 0.1) is 11.4 Å². The molecule has 1 aromatic heterocycles. The van der Waals surface area contributed by atoms with Crippen molar-refractivity contribution in [2.45, 2.75) is 13.8 Å². The SMILES string of the molecule is Cc1ccc(OCC(=O)OCC(=O)Nc2cc(Cl)ccc2-n2cncn2)c(C)c1. The number of aryl methyl sites for hydroxylation is 2. The Hall–Kier alpha value is -3.39. The van der Waals surface area contributed by atoms with Crippen molar-refractivity contribution in [2.24, 2.45) is 0 Å². The molecule has 0 radical (unpaired) electrons. The Morgan fingerprint density at radius 3 is 2.69 bits per heavy atom. The summed E-state index contributed by atoms with van der Waals surface area (Å²) in [5.41, 5.74) is 3.00. The summed E-state index contributed by atoms with van der Waals surface area (Å²) in [6, 6.07) is 10.6. The first-order valence-corrected chi connectivity index (χ1v) is 9.10. The fraction of sp³-hybridized carbons (Fsp3) is 0.200. The second-order valence-electron chi connectivity index (χ2n) is 6.27. The molecule has 8 nitrogen and oxygen atoms in total. The normalized spacial score (nSPS) is 10.4. The van der Waals surface area contributed by atoms with Gasteiger partial charge in [0.2, 0.25) is 0 Å². The van der Waals surface area contributed by atoms with Crippen molar-refractivity contribution in [3.8, 4) is 11.4 Å². The van der Waals surface area contributed by atoms with Gasteiger partial charge >= 0.3 is 5.97 Å². The fourth-order valence-electron chi connectivity index (χ4n) is 2.61. The summed E-state index contributed by atoms with van der Waals surface area (Å²) in [6.45, 7) is 3.10. The highest BCUT2D eigenvalue weighted by Gasteiger charge is 2.13. The summed E-state index contributed by atoms with van der Waals surface area (Å²) in [7, 11) is 0. The Morgan fingerprint density at radius 1 is 1.14 bits per heavy atom. The van der Waals surface area contributed by atoms with Crippen molar-refractivity contribution >= 4 is 29.2 Å². The zero-order valence-electron chi connectivity index (χ0n) is 15.9. The number of anilines is 1. The number of nitrogens with zero attached hydrogens (tertiary/aromatic N) is 3. The lowest BCUT2D eigenvalue weighted by molar-refractivity contribution is -0.149. The minimum Gasteiger partial charge on any atom is -0.482 e. The molecule has 3 rings (SSSR count). The molecule has 0 unspecified atom stereocenters. The number of rotatable bonds is 7. The molecule has 29 heavy (non-hydrogen) atoms. The summed E-state index contributed by atoms with van der Waals surface area (Å²) >= 11 is 6.01. The maximum Gasteiger partial charge on any atom is 0.344 e. The molecule has 9 heteroatoms. The zero-order chi connectivity index (χ0) is 20.8. The Labute approximate surface area is 172 Å². The van der Waals surface area contributed by atoms with Gasteiger partial charge in [-0.25, -0.2) is 14.5 Å². The molecule has 1 N–H and O–H groups in total. The molecule has 150 valence electrons. The number of amides is 1. The topological polar surface area (TPSA) is 95.3 Å². The van der Waals surface area contributed by atoms with E-state index in [1.807, 2.05) is 26.0 Å². The summed E-state index contributed by atoms with van der Waals surface area (Å²) in [6.07, 6.45) is 2.86. The number of carbonyl (C=O) groups is 2. The molecule has 0 aliphatic carbocycles. The maximum absolute atomic E-state index is 12.2. The molecule has 0 aliphatic heterocycles. The Kier molecular flexibility index (Phi) is 6.46. The van der Waals surface area contributed by atoms with E-state index in [1.54, 1.807) is 24.3 Å². The van der Waals surface area contributed by atoms with Gasteiger partial charge in [0, 0.05) is 5.02 Å². The predicted octanol–water partition coefficient (Wildman–Crippen LogP) is 3.10. The number of hydrogen-bond donors (Lipinski definition) is 1. The molecular formula is C20H19ClN4O4. The molecule has 0 bridgehead atoms. The molecule has 0 aliphatic rings. The van der Waals surface area contributed by atoms with Crippen LogP contribution in [-0.2, 0) is 14.3 Å². The van der Waals surface area contributed by atoms with Crippen LogP contribution in [0.4, 0.5) is 5.69 Å². The summed E-state index contributed by atoms with van der Waals surface area (Å²) in [5, 5.41) is 7.12. The van der Waals surface area contributed by atoms with Crippen LogP contribution in [0.15, 0.2) is 49.1 Å². The average molecular weight is 415 g/mol. The lowest BCUT2D eigenvalue weighted by Crippen LogP contribution is -2.24. The molecule has 3 aromatic rings. The first-order chi connectivity index (χ1) is 13.9. The van der Waals surface area contributed by atoms with Gasteiger partial charge in [-0.3, -0.25) is 4.79 Å². The van der Waals surface area contributed by atoms with Crippen molar-refractivity contribution in [1.29, 1.82) is 0 Å². The van der Waals surface area contributed by atoms with Gasteiger partial charge in [0.15, 0.2) is 13.2 Å². The van der Waals surface area contributed by atoms with Crippen molar-refractivity contribution in [3.63, 3.8) is 0 Å². The number of benzene rings is 2. The Morgan fingerprint density at radius 2 is 1.97 bits per heavy atom. The highest BCUT2D eigenvalue weighted by atomic mass is 35.5. The van der Waals surface area contributed by atoms with Crippen LogP contribution in [0.5, 0.6) is 5.75 Å². The van der Waals surface area contributed by atoms with E-state index in [-0.39, 0.29) is 6.61 Å². The number of esters is 1. The minimum atomic E-state index is -0.650. The van der Waals surface area contributed by atoms with Gasteiger partial charge in [-0.05, 0) is 43.7 Å². The average Bonchev–Trinajstić information content (AvgIpc) is 3.20. The highest BCUT2D eigenvalue weighted by Crippen LogP contribution is 2.24. The molecule has 0 saturated heterocycles. The van der Waals surface area contributed by atoms with Gasteiger partial charge in [-0.15, -0.1) is 0 Å². The number of hydrogen-bond acceptors (Lipinski definition) is 6. The van der Waals surface area contributed by atoms with E-state index in [9.17, 15) is 9.59 Å². The van der Waals surface area contributed by atoms with Gasteiger partial charge in [0.25, 0.3) is 5.91 Å². The highest BCUT2D eigenvalue weighted by molar-refractivity contribution is 6.31.